The summed E-state index contributed by atoms with van der Waals surface area (Å²) in [7, 11) is 0. The first kappa shape index (κ1) is 10.4. The van der Waals surface area contributed by atoms with Gasteiger partial charge in [-0.15, -0.1) is 0 Å². The monoisotopic (exact) mass is 204 g/mol. The molecule has 1 aromatic rings. The van der Waals surface area contributed by atoms with Gasteiger partial charge in [-0.1, -0.05) is 36.9 Å². The van der Waals surface area contributed by atoms with E-state index < -0.39 is 0 Å². The van der Waals surface area contributed by atoms with Gasteiger partial charge in [0.05, 0.1) is 13.2 Å². The fourth-order valence-electron chi connectivity index (χ4n) is 1.52. The van der Waals surface area contributed by atoms with E-state index in [4.69, 9.17) is 9.47 Å². The number of hydrogen-bond donors (Lipinski definition) is 0. The van der Waals surface area contributed by atoms with Gasteiger partial charge in [0.25, 0.3) is 0 Å². The van der Waals surface area contributed by atoms with Crippen molar-refractivity contribution in [2.75, 3.05) is 13.2 Å². The SMILES string of the molecule is C=C(C)C(OCC1CO1)c1ccccc1. The van der Waals surface area contributed by atoms with E-state index in [9.17, 15) is 0 Å². The highest BCUT2D eigenvalue weighted by atomic mass is 16.6. The van der Waals surface area contributed by atoms with Crippen molar-refractivity contribution in [3.8, 4) is 0 Å². The molecule has 80 valence electrons. The number of epoxide rings is 1. The number of rotatable bonds is 5. The normalized spacial score (nSPS) is 21.0. The van der Waals surface area contributed by atoms with Gasteiger partial charge in [-0.25, -0.2) is 0 Å². The highest BCUT2D eigenvalue weighted by Gasteiger charge is 2.24. The van der Waals surface area contributed by atoms with Crippen molar-refractivity contribution in [2.24, 2.45) is 0 Å². The van der Waals surface area contributed by atoms with E-state index in [0.29, 0.717) is 12.7 Å². The first-order valence-corrected chi connectivity index (χ1v) is 5.21. The average Bonchev–Trinajstić information content (AvgIpc) is 3.03. The first-order valence-electron chi connectivity index (χ1n) is 5.21. The second-order valence-electron chi connectivity index (χ2n) is 3.93. The zero-order valence-corrected chi connectivity index (χ0v) is 8.98. The Bertz CT molecular complexity index is 328. The summed E-state index contributed by atoms with van der Waals surface area (Å²) in [6.45, 7) is 7.45. The first-order chi connectivity index (χ1) is 7.27. The molecule has 0 bridgehead atoms. The smallest absolute Gasteiger partial charge is 0.104 e. The minimum atomic E-state index is -0.00426. The topological polar surface area (TPSA) is 21.8 Å². The second kappa shape index (κ2) is 4.60. The molecule has 1 fully saturated rings. The third kappa shape index (κ3) is 2.91. The highest BCUT2D eigenvalue weighted by molar-refractivity contribution is 5.24. The standard InChI is InChI=1S/C13H16O2/c1-10(2)13(15-9-12-8-14-12)11-6-4-3-5-7-11/h3-7,12-13H,1,8-9H2,2H3. The van der Waals surface area contributed by atoms with Crippen LogP contribution >= 0.6 is 0 Å². The van der Waals surface area contributed by atoms with Gasteiger partial charge in [-0.2, -0.15) is 0 Å². The lowest BCUT2D eigenvalue weighted by Crippen LogP contribution is -2.09. The van der Waals surface area contributed by atoms with Crippen LogP contribution in [0.4, 0.5) is 0 Å². The predicted octanol–water partition coefficient (Wildman–Crippen LogP) is 2.72. The van der Waals surface area contributed by atoms with Gasteiger partial charge >= 0.3 is 0 Å². The summed E-state index contributed by atoms with van der Waals surface area (Å²) < 4.78 is 10.9. The molecule has 0 aromatic heterocycles. The van der Waals surface area contributed by atoms with Gasteiger partial charge in [0.1, 0.15) is 12.2 Å². The maximum atomic E-state index is 5.79. The molecule has 0 N–H and O–H groups in total. The minimum Gasteiger partial charge on any atom is -0.371 e. The van der Waals surface area contributed by atoms with Crippen LogP contribution in [0.25, 0.3) is 0 Å². The van der Waals surface area contributed by atoms with Crippen LogP contribution in [0.15, 0.2) is 42.5 Å². The maximum Gasteiger partial charge on any atom is 0.104 e. The second-order valence-corrected chi connectivity index (χ2v) is 3.93. The molecule has 1 heterocycles. The lowest BCUT2D eigenvalue weighted by Gasteiger charge is -2.17. The fourth-order valence-corrected chi connectivity index (χ4v) is 1.52. The van der Waals surface area contributed by atoms with E-state index in [1.54, 1.807) is 0 Å². The maximum absolute atomic E-state index is 5.79. The fraction of sp³-hybridized carbons (Fsp3) is 0.385. The van der Waals surface area contributed by atoms with Crippen LogP contribution in [0.1, 0.15) is 18.6 Å². The molecule has 0 amide bonds. The quantitative estimate of drug-likeness (QED) is 0.543. The van der Waals surface area contributed by atoms with Crippen molar-refractivity contribution in [1.82, 2.24) is 0 Å². The van der Waals surface area contributed by atoms with Crippen LogP contribution in [0.5, 0.6) is 0 Å². The Morgan fingerprint density at radius 1 is 1.53 bits per heavy atom. The molecule has 0 spiro atoms. The van der Waals surface area contributed by atoms with E-state index in [2.05, 4.69) is 18.7 Å². The van der Waals surface area contributed by atoms with E-state index in [-0.39, 0.29) is 6.10 Å². The van der Waals surface area contributed by atoms with E-state index >= 15 is 0 Å². The molecule has 2 nitrogen and oxygen atoms in total. The van der Waals surface area contributed by atoms with Gasteiger partial charge in [0.2, 0.25) is 0 Å². The van der Waals surface area contributed by atoms with Crippen molar-refractivity contribution in [3.63, 3.8) is 0 Å². The molecule has 1 aliphatic rings. The zero-order chi connectivity index (χ0) is 10.7. The Kier molecular flexibility index (Phi) is 3.19. The number of hydrogen-bond acceptors (Lipinski definition) is 2. The lowest BCUT2D eigenvalue weighted by molar-refractivity contribution is 0.0650. The molecule has 0 saturated carbocycles. The van der Waals surface area contributed by atoms with Gasteiger partial charge in [0, 0.05) is 0 Å². The molecule has 0 aliphatic carbocycles. The Hall–Kier alpha value is -1.12. The molecule has 1 aromatic carbocycles. The van der Waals surface area contributed by atoms with E-state index in [1.807, 2.05) is 25.1 Å². The lowest BCUT2D eigenvalue weighted by atomic mass is 10.0. The predicted molar refractivity (Wildman–Crippen MR) is 59.7 cm³/mol. The van der Waals surface area contributed by atoms with E-state index in [0.717, 1.165) is 17.7 Å². The van der Waals surface area contributed by atoms with Crippen molar-refractivity contribution in [3.05, 3.63) is 48.0 Å². The van der Waals surface area contributed by atoms with Gasteiger partial charge in [0.15, 0.2) is 0 Å². The summed E-state index contributed by atoms with van der Waals surface area (Å²) in [5.74, 6) is 0. The molecule has 2 unspecified atom stereocenters. The Labute approximate surface area is 90.5 Å². The van der Waals surface area contributed by atoms with Gasteiger partial charge in [-0.05, 0) is 18.1 Å². The molecule has 15 heavy (non-hydrogen) atoms. The summed E-state index contributed by atoms with van der Waals surface area (Å²) >= 11 is 0. The summed E-state index contributed by atoms with van der Waals surface area (Å²) in [6, 6.07) is 10.2. The van der Waals surface area contributed by atoms with Crippen LogP contribution in [0.3, 0.4) is 0 Å². The van der Waals surface area contributed by atoms with Gasteiger partial charge in [-0.3, -0.25) is 0 Å². The summed E-state index contributed by atoms with van der Waals surface area (Å²) in [6.07, 6.45) is 0.297. The number of ether oxygens (including phenoxy) is 2. The molecule has 2 heteroatoms. The van der Waals surface area contributed by atoms with Crippen LogP contribution in [-0.2, 0) is 9.47 Å². The molecular formula is C13H16O2. The third-order valence-corrected chi connectivity index (χ3v) is 2.40. The number of benzene rings is 1. The third-order valence-electron chi connectivity index (χ3n) is 2.40. The molecule has 2 rings (SSSR count). The molecule has 1 aliphatic heterocycles. The van der Waals surface area contributed by atoms with Gasteiger partial charge < -0.3 is 9.47 Å². The minimum absolute atomic E-state index is 0.00426. The largest absolute Gasteiger partial charge is 0.371 e. The summed E-state index contributed by atoms with van der Waals surface area (Å²) in [5, 5.41) is 0. The Morgan fingerprint density at radius 3 is 2.73 bits per heavy atom. The molecular weight excluding hydrogens is 188 g/mol. The van der Waals surface area contributed by atoms with Crippen LogP contribution in [0.2, 0.25) is 0 Å². The van der Waals surface area contributed by atoms with Crippen LogP contribution < -0.4 is 0 Å². The Morgan fingerprint density at radius 2 is 2.20 bits per heavy atom. The highest BCUT2D eigenvalue weighted by Crippen LogP contribution is 2.25. The zero-order valence-electron chi connectivity index (χ0n) is 8.98. The summed E-state index contributed by atoms with van der Waals surface area (Å²) in [5.41, 5.74) is 2.19. The van der Waals surface area contributed by atoms with Crippen molar-refractivity contribution >= 4 is 0 Å². The molecule has 0 radical (unpaired) electrons. The van der Waals surface area contributed by atoms with Crippen LogP contribution in [-0.4, -0.2) is 19.3 Å². The van der Waals surface area contributed by atoms with Crippen molar-refractivity contribution in [2.45, 2.75) is 19.1 Å². The molecule has 1 saturated heterocycles. The average molecular weight is 204 g/mol. The van der Waals surface area contributed by atoms with Crippen molar-refractivity contribution in [1.29, 1.82) is 0 Å². The Balaban J connectivity index is 2.01. The molecule has 2 atom stereocenters. The van der Waals surface area contributed by atoms with Crippen LogP contribution in [0, 0.1) is 0 Å². The van der Waals surface area contributed by atoms with Crippen molar-refractivity contribution < 1.29 is 9.47 Å². The van der Waals surface area contributed by atoms with E-state index in [1.165, 1.54) is 0 Å². The summed E-state index contributed by atoms with van der Waals surface area (Å²) in [4.78, 5) is 0.